The molecule has 1 unspecified atom stereocenters. The highest BCUT2D eigenvalue weighted by Crippen LogP contribution is 2.42. The lowest BCUT2D eigenvalue weighted by Crippen LogP contribution is -2.31. The molecule has 1 heterocycles. The highest BCUT2D eigenvalue weighted by Gasteiger charge is 2.27. The standard InChI is InChI=1S/C19H19ClN2O2S/c1-3-10-22-15-11-13(21-18(23)12(2)20)8-9-17(15)25-16-7-5-4-6-14(16)19(22)24/h4-9,11-12H,3,10H2,1-2H3,(H,21,23). The highest BCUT2D eigenvalue weighted by atomic mass is 35.5. The van der Waals surface area contributed by atoms with Crippen molar-refractivity contribution in [2.75, 3.05) is 16.8 Å². The van der Waals surface area contributed by atoms with E-state index in [-0.39, 0.29) is 11.8 Å². The molecule has 130 valence electrons. The van der Waals surface area contributed by atoms with Crippen molar-refractivity contribution in [3.05, 3.63) is 48.0 Å². The zero-order valence-corrected chi connectivity index (χ0v) is 15.7. The Labute approximate surface area is 156 Å². The number of halogens is 1. The van der Waals surface area contributed by atoms with Crippen LogP contribution in [-0.4, -0.2) is 23.7 Å². The van der Waals surface area contributed by atoms with Gasteiger partial charge in [-0.2, -0.15) is 0 Å². The largest absolute Gasteiger partial charge is 0.325 e. The van der Waals surface area contributed by atoms with Gasteiger partial charge in [-0.3, -0.25) is 9.59 Å². The van der Waals surface area contributed by atoms with Crippen molar-refractivity contribution in [3.8, 4) is 0 Å². The lowest BCUT2D eigenvalue weighted by Gasteiger charge is -2.23. The Hall–Kier alpha value is -1.98. The fourth-order valence-corrected chi connectivity index (χ4v) is 3.80. The molecule has 1 atom stereocenters. The Bertz CT molecular complexity index is 823. The molecule has 25 heavy (non-hydrogen) atoms. The maximum atomic E-state index is 13.0. The minimum atomic E-state index is -0.620. The molecule has 4 nitrogen and oxygen atoms in total. The van der Waals surface area contributed by atoms with Gasteiger partial charge in [0.05, 0.1) is 11.3 Å². The lowest BCUT2D eigenvalue weighted by atomic mass is 10.1. The first-order valence-electron chi connectivity index (χ1n) is 8.19. The van der Waals surface area contributed by atoms with E-state index < -0.39 is 5.38 Å². The van der Waals surface area contributed by atoms with E-state index in [1.165, 1.54) is 0 Å². The van der Waals surface area contributed by atoms with Crippen LogP contribution in [0.2, 0.25) is 0 Å². The molecule has 6 heteroatoms. The second-order valence-electron chi connectivity index (χ2n) is 5.84. The summed E-state index contributed by atoms with van der Waals surface area (Å²) in [4.78, 5) is 28.6. The van der Waals surface area contributed by atoms with Gasteiger partial charge in [0, 0.05) is 22.0 Å². The minimum Gasteiger partial charge on any atom is -0.325 e. The van der Waals surface area contributed by atoms with E-state index in [0.29, 0.717) is 17.8 Å². The van der Waals surface area contributed by atoms with Gasteiger partial charge in [0.1, 0.15) is 5.38 Å². The predicted molar refractivity (Wildman–Crippen MR) is 103 cm³/mol. The number of hydrogen-bond donors (Lipinski definition) is 1. The second kappa shape index (κ2) is 7.50. The molecule has 0 saturated carbocycles. The van der Waals surface area contributed by atoms with E-state index in [1.807, 2.05) is 49.4 Å². The van der Waals surface area contributed by atoms with Crippen molar-refractivity contribution in [2.24, 2.45) is 0 Å². The molecule has 0 aliphatic carbocycles. The number of nitrogens with one attached hydrogen (secondary N) is 1. The highest BCUT2D eigenvalue weighted by molar-refractivity contribution is 7.99. The van der Waals surface area contributed by atoms with Gasteiger partial charge in [-0.25, -0.2) is 0 Å². The summed E-state index contributed by atoms with van der Waals surface area (Å²) in [5.41, 5.74) is 2.15. The van der Waals surface area contributed by atoms with Crippen molar-refractivity contribution in [1.82, 2.24) is 0 Å². The van der Waals surface area contributed by atoms with E-state index in [1.54, 1.807) is 23.6 Å². The Morgan fingerprint density at radius 1 is 1.24 bits per heavy atom. The molecule has 1 aliphatic heterocycles. The number of amides is 2. The molecule has 0 radical (unpaired) electrons. The molecule has 0 bridgehead atoms. The molecule has 0 fully saturated rings. The van der Waals surface area contributed by atoms with Crippen molar-refractivity contribution in [2.45, 2.75) is 35.4 Å². The van der Waals surface area contributed by atoms with Gasteiger partial charge < -0.3 is 10.2 Å². The van der Waals surface area contributed by atoms with Crippen LogP contribution in [0.4, 0.5) is 11.4 Å². The number of benzene rings is 2. The molecule has 3 rings (SSSR count). The summed E-state index contributed by atoms with van der Waals surface area (Å²) in [6.07, 6.45) is 0.841. The fraction of sp³-hybridized carbons (Fsp3) is 0.263. The molecule has 2 aromatic rings. The van der Waals surface area contributed by atoms with Crippen LogP contribution in [0.1, 0.15) is 30.6 Å². The van der Waals surface area contributed by atoms with Crippen molar-refractivity contribution in [1.29, 1.82) is 0 Å². The second-order valence-corrected chi connectivity index (χ2v) is 7.58. The summed E-state index contributed by atoms with van der Waals surface area (Å²) in [6, 6.07) is 13.3. The first-order chi connectivity index (χ1) is 12.0. The van der Waals surface area contributed by atoms with Crippen LogP contribution in [0.5, 0.6) is 0 Å². The zero-order valence-electron chi connectivity index (χ0n) is 14.1. The topological polar surface area (TPSA) is 49.4 Å². The lowest BCUT2D eigenvalue weighted by molar-refractivity contribution is -0.115. The van der Waals surface area contributed by atoms with Crippen LogP contribution >= 0.6 is 23.4 Å². The summed E-state index contributed by atoms with van der Waals surface area (Å²) in [7, 11) is 0. The third-order valence-electron chi connectivity index (χ3n) is 3.91. The summed E-state index contributed by atoms with van der Waals surface area (Å²) < 4.78 is 0. The van der Waals surface area contributed by atoms with Gasteiger partial charge in [0.15, 0.2) is 0 Å². The molecule has 2 amide bonds. The first kappa shape index (κ1) is 17.8. The van der Waals surface area contributed by atoms with E-state index in [0.717, 1.165) is 21.9 Å². The minimum absolute atomic E-state index is 0.0158. The van der Waals surface area contributed by atoms with Crippen LogP contribution < -0.4 is 10.2 Å². The SMILES string of the molecule is CCCN1C(=O)c2ccccc2Sc2ccc(NC(=O)C(C)Cl)cc21. The summed E-state index contributed by atoms with van der Waals surface area (Å²) >= 11 is 7.40. The average Bonchev–Trinajstić information content (AvgIpc) is 2.71. The normalized spacial score (nSPS) is 14.4. The van der Waals surface area contributed by atoms with E-state index in [9.17, 15) is 9.59 Å². The van der Waals surface area contributed by atoms with Gasteiger partial charge >= 0.3 is 0 Å². The van der Waals surface area contributed by atoms with E-state index in [2.05, 4.69) is 5.32 Å². The van der Waals surface area contributed by atoms with Crippen LogP contribution in [0, 0.1) is 0 Å². The van der Waals surface area contributed by atoms with Crippen LogP contribution in [-0.2, 0) is 4.79 Å². The molecule has 2 aromatic carbocycles. The first-order valence-corrected chi connectivity index (χ1v) is 9.44. The molecular weight excluding hydrogens is 356 g/mol. The van der Waals surface area contributed by atoms with Gasteiger partial charge in [-0.15, -0.1) is 11.6 Å². The van der Waals surface area contributed by atoms with Gasteiger partial charge in [-0.05, 0) is 43.7 Å². The van der Waals surface area contributed by atoms with Crippen molar-refractivity contribution in [3.63, 3.8) is 0 Å². The summed E-state index contributed by atoms with van der Waals surface area (Å²) in [6.45, 7) is 4.28. The average molecular weight is 375 g/mol. The summed E-state index contributed by atoms with van der Waals surface area (Å²) in [5.74, 6) is -0.280. The van der Waals surface area contributed by atoms with E-state index >= 15 is 0 Å². The van der Waals surface area contributed by atoms with Gasteiger partial charge in [0.2, 0.25) is 5.91 Å². The van der Waals surface area contributed by atoms with Crippen LogP contribution in [0.3, 0.4) is 0 Å². The molecule has 1 aliphatic rings. The third kappa shape index (κ3) is 3.67. The monoisotopic (exact) mass is 374 g/mol. The number of alkyl halides is 1. The molecule has 1 N–H and O–H groups in total. The van der Waals surface area contributed by atoms with Crippen molar-refractivity contribution < 1.29 is 9.59 Å². The number of carbonyl (C=O) groups excluding carboxylic acids is 2. The maximum Gasteiger partial charge on any atom is 0.259 e. The smallest absolute Gasteiger partial charge is 0.259 e. The molecule has 0 saturated heterocycles. The number of hydrogen-bond acceptors (Lipinski definition) is 3. The van der Waals surface area contributed by atoms with Crippen LogP contribution in [0.15, 0.2) is 52.3 Å². The van der Waals surface area contributed by atoms with Crippen LogP contribution in [0.25, 0.3) is 0 Å². The number of anilines is 2. The quantitative estimate of drug-likeness (QED) is 0.784. The van der Waals surface area contributed by atoms with Gasteiger partial charge in [-0.1, -0.05) is 30.8 Å². The Kier molecular flexibility index (Phi) is 5.35. The Balaban J connectivity index is 2.05. The third-order valence-corrected chi connectivity index (χ3v) is 5.25. The number of nitrogens with zero attached hydrogens (tertiary/aromatic N) is 1. The van der Waals surface area contributed by atoms with Crippen molar-refractivity contribution >= 4 is 46.6 Å². The van der Waals surface area contributed by atoms with Gasteiger partial charge in [0.25, 0.3) is 5.91 Å². The Morgan fingerprint density at radius 3 is 2.72 bits per heavy atom. The molecule has 0 spiro atoms. The predicted octanol–water partition coefficient (Wildman–Crippen LogP) is 4.77. The van der Waals surface area contributed by atoms with E-state index in [4.69, 9.17) is 11.6 Å². The summed E-state index contributed by atoms with van der Waals surface area (Å²) in [5, 5.41) is 2.17. The fourth-order valence-electron chi connectivity index (χ4n) is 2.69. The number of carbonyl (C=O) groups is 2. The zero-order chi connectivity index (χ0) is 18.0. The molecule has 0 aromatic heterocycles. The molecular formula is C19H19ClN2O2S. The number of rotatable bonds is 4. The maximum absolute atomic E-state index is 13.0. The number of fused-ring (bicyclic) bond motifs is 2. The Morgan fingerprint density at radius 2 is 2.00 bits per heavy atom.